The van der Waals surface area contributed by atoms with Gasteiger partial charge in [-0.05, 0) is 25.1 Å². The number of aryl methyl sites for hydroxylation is 3. The SMILES string of the molecule is COC(=O)c1ccc2c(c1)sc(=NC(=O)c1nn(C)cc1C)n2C. The molecule has 7 nitrogen and oxygen atoms in total. The van der Waals surface area contributed by atoms with Crippen molar-refractivity contribution in [3.8, 4) is 0 Å². The van der Waals surface area contributed by atoms with Gasteiger partial charge < -0.3 is 9.30 Å². The second-order valence-electron chi connectivity index (χ2n) is 5.37. The highest BCUT2D eigenvalue weighted by atomic mass is 32.1. The number of nitrogens with zero attached hydrogens (tertiary/aromatic N) is 4. The quantitative estimate of drug-likeness (QED) is 0.664. The molecule has 0 radical (unpaired) electrons. The van der Waals surface area contributed by atoms with Crippen molar-refractivity contribution in [2.24, 2.45) is 19.1 Å². The lowest BCUT2D eigenvalue weighted by Crippen LogP contribution is -2.14. The highest BCUT2D eigenvalue weighted by molar-refractivity contribution is 7.16. The average Bonchev–Trinajstić information content (AvgIpc) is 3.05. The van der Waals surface area contributed by atoms with Gasteiger partial charge in [0.25, 0.3) is 5.91 Å². The van der Waals surface area contributed by atoms with Crippen molar-refractivity contribution < 1.29 is 14.3 Å². The van der Waals surface area contributed by atoms with Crippen molar-refractivity contribution in [1.29, 1.82) is 0 Å². The number of esters is 1. The van der Waals surface area contributed by atoms with Crippen LogP contribution in [-0.2, 0) is 18.8 Å². The van der Waals surface area contributed by atoms with Crippen LogP contribution in [0.2, 0.25) is 0 Å². The molecule has 0 spiro atoms. The van der Waals surface area contributed by atoms with Crippen LogP contribution in [0.15, 0.2) is 29.4 Å². The third-order valence-electron chi connectivity index (χ3n) is 3.64. The maximum absolute atomic E-state index is 12.4. The molecule has 0 aliphatic carbocycles. The summed E-state index contributed by atoms with van der Waals surface area (Å²) in [5.74, 6) is -0.782. The fourth-order valence-corrected chi connectivity index (χ4v) is 3.50. The van der Waals surface area contributed by atoms with Gasteiger partial charge in [-0.15, -0.1) is 0 Å². The van der Waals surface area contributed by atoms with Crippen molar-refractivity contribution in [2.45, 2.75) is 6.92 Å². The van der Waals surface area contributed by atoms with Gasteiger partial charge in [0, 0.05) is 25.9 Å². The molecular weight excluding hydrogens is 328 g/mol. The van der Waals surface area contributed by atoms with Crippen LogP contribution >= 0.6 is 11.3 Å². The number of fused-ring (bicyclic) bond motifs is 1. The molecule has 0 N–H and O–H groups in total. The van der Waals surface area contributed by atoms with E-state index in [1.807, 2.05) is 24.6 Å². The van der Waals surface area contributed by atoms with E-state index >= 15 is 0 Å². The van der Waals surface area contributed by atoms with E-state index in [0.717, 1.165) is 15.8 Å². The van der Waals surface area contributed by atoms with Crippen LogP contribution in [0.5, 0.6) is 0 Å². The van der Waals surface area contributed by atoms with Gasteiger partial charge >= 0.3 is 5.97 Å². The van der Waals surface area contributed by atoms with Gasteiger partial charge in [-0.25, -0.2) is 4.79 Å². The normalized spacial score (nSPS) is 11.9. The zero-order valence-electron chi connectivity index (χ0n) is 13.7. The van der Waals surface area contributed by atoms with Gasteiger partial charge in [0.15, 0.2) is 10.5 Å². The van der Waals surface area contributed by atoms with E-state index < -0.39 is 5.97 Å². The first-order valence-corrected chi connectivity index (χ1v) is 7.99. The van der Waals surface area contributed by atoms with Crippen molar-refractivity contribution in [3.63, 3.8) is 0 Å². The van der Waals surface area contributed by atoms with E-state index in [2.05, 4.69) is 10.1 Å². The summed E-state index contributed by atoms with van der Waals surface area (Å²) >= 11 is 1.33. The number of carbonyl (C=O) groups excluding carboxylic acids is 2. The maximum atomic E-state index is 12.4. The molecule has 0 fully saturated rings. The molecule has 0 bridgehead atoms. The van der Waals surface area contributed by atoms with Crippen LogP contribution in [0.3, 0.4) is 0 Å². The number of hydrogen-bond donors (Lipinski definition) is 0. The summed E-state index contributed by atoms with van der Waals surface area (Å²) in [5.41, 5.74) is 2.47. The predicted molar refractivity (Wildman–Crippen MR) is 90.0 cm³/mol. The van der Waals surface area contributed by atoms with Crippen molar-refractivity contribution in [1.82, 2.24) is 14.3 Å². The second kappa shape index (κ2) is 6.04. The predicted octanol–water partition coefficient (Wildman–Crippen LogP) is 1.81. The minimum absolute atomic E-state index is 0.338. The van der Waals surface area contributed by atoms with Gasteiger partial charge in [0.2, 0.25) is 0 Å². The molecule has 2 heterocycles. The number of hydrogen-bond acceptors (Lipinski definition) is 5. The van der Waals surface area contributed by atoms with Gasteiger partial charge in [-0.2, -0.15) is 10.1 Å². The van der Waals surface area contributed by atoms with E-state index in [1.54, 1.807) is 30.1 Å². The number of carbonyl (C=O) groups is 2. The van der Waals surface area contributed by atoms with Crippen LogP contribution in [-0.4, -0.2) is 33.3 Å². The summed E-state index contributed by atoms with van der Waals surface area (Å²) in [4.78, 5) is 28.7. The monoisotopic (exact) mass is 344 g/mol. The van der Waals surface area contributed by atoms with Gasteiger partial charge in [0.1, 0.15) is 0 Å². The molecule has 3 rings (SSSR count). The van der Waals surface area contributed by atoms with Crippen LogP contribution in [0.25, 0.3) is 10.2 Å². The molecule has 2 aromatic heterocycles. The molecule has 8 heteroatoms. The summed E-state index contributed by atoms with van der Waals surface area (Å²) in [7, 11) is 4.93. The molecule has 0 saturated carbocycles. The first-order valence-electron chi connectivity index (χ1n) is 7.18. The minimum atomic E-state index is -0.397. The lowest BCUT2D eigenvalue weighted by atomic mass is 10.2. The largest absolute Gasteiger partial charge is 0.465 e. The zero-order valence-corrected chi connectivity index (χ0v) is 14.5. The average molecular weight is 344 g/mol. The van der Waals surface area contributed by atoms with E-state index in [4.69, 9.17) is 4.74 Å². The smallest absolute Gasteiger partial charge is 0.337 e. The molecule has 0 aliphatic heterocycles. The third kappa shape index (κ3) is 2.76. The maximum Gasteiger partial charge on any atom is 0.337 e. The Morgan fingerprint density at radius 1 is 1.29 bits per heavy atom. The van der Waals surface area contributed by atoms with Crippen molar-refractivity contribution in [3.05, 3.63) is 46.0 Å². The summed E-state index contributed by atoms with van der Waals surface area (Å²) in [6.45, 7) is 1.82. The molecule has 24 heavy (non-hydrogen) atoms. The van der Waals surface area contributed by atoms with Crippen LogP contribution in [0.4, 0.5) is 0 Å². The van der Waals surface area contributed by atoms with Crippen LogP contribution in [0, 0.1) is 6.92 Å². The van der Waals surface area contributed by atoms with Crippen molar-refractivity contribution in [2.75, 3.05) is 7.11 Å². The standard InChI is InChI=1S/C16H16N4O3S/c1-9-8-19(2)18-13(9)14(21)17-16-20(3)11-6-5-10(15(22)23-4)7-12(11)24-16/h5-8H,1-4H3. The molecule has 124 valence electrons. The highest BCUT2D eigenvalue weighted by Crippen LogP contribution is 2.19. The van der Waals surface area contributed by atoms with Gasteiger partial charge in [-0.1, -0.05) is 11.3 Å². The fourth-order valence-electron chi connectivity index (χ4n) is 2.44. The van der Waals surface area contributed by atoms with Gasteiger partial charge in [-0.3, -0.25) is 9.48 Å². The Hall–Kier alpha value is -2.74. The summed E-state index contributed by atoms with van der Waals surface area (Å²) < 4.78 is 8.99. The first kappa shape index (κ1) is 16.1. The Balaban J connectivity index is 2.09. The molecule has 0 aliphatic rings. The number of methoxy groups -OCH3 is 1. The van der Waals surface area contributed by atoms with Crippen molar-refractivity contribution >= 4 is 33.4 Å². The topological polar surface area (TPSA) is 78.5 Å². The number of aromatic nitrogens is 3. The van der Waals surface area contributed by atoms with Crippen LogP contribution in [0.1, 0.15) is 26.4 Å². The van der Waals surface area contributed by atoms with Crippen LogP contribution < -0.4 is 4.80 Å². The fraction of sp³-hybridized carbons (Fsp3) is 0.250. The lowest BCUT2D eigenvalue weighted by Gasteiger charge is -1.99. The Morgan fingerprint density at radius 3 is 2.67 bits per heavy atom. The number of thiazole rings is 1. The minimum Gasteiger partial charge on any atom is -0.465 e. The molecular formula is C16H16N4O3S. The Bertz CT molecular complexity index is 1030. The molecule has 0 saturated heterocycles. The zero-order chi connectivity index (χ0) is 17.4. The molecule has 3 aromatic rings. The number of ether oxygens (including phenoxy) is 1. The summed E-state index contributed by atoms with van der Waals surface area (Å²) in [6, 6.07) is 5.24. The number of rotatable bonds is 2. The first-order chi connectivity index (χ1) is 11.4. The van der Waals surface area contributed by atoms with E-state index in [1.165, 1.54) is 18.4 Å². The Labute approximate surface area is 141 Å². The second-order valence-corrected chi connectivity index (χ2v) is 6.38. The van der Waals surface area contributed by atoms with E-state index in [9.17, 15) is 9.59 Å². The Morgan fingerprint density at radius 2 is 2.04 bits per heavy atom. The summed E-state index contributed by atoms with van der Waals surface area (Å²) in [5, 5.41) is 4.15. The Kier molecular flexibility index (Phi) is 4.06. The van der Waals surface area contributed by atoms with E-state index in [-0.39, 0.29) is 5.91 Å². The summed E-state index contributed by atoms with van der Waals surface area (Å²) in [6.07, 6.45) is 1.77. The molecule has 1 aromatic carbocycles. The van der Waals surface area contributed by atoms with Gasteiger partial charge in [0.05, 0.1) is 22.9 Å². The molecule has 0 atom stereocenters. The number of amides is 1. The lowest BCUT2D eigenvalue weighted by molar-refractivity contribution is 0.0601. The number of benzene rings is 1. The third-order valence-corrected chi connectivity index (χ3v) is 4.74. The molecule has 1 amide bonds. The highest BCUT2D eigenvalue weighted by Gasteiger charge is 2.14. The molecule has 0 unspecified atom stereocenters. The van der Waals surface area contributed by atoms with E-state index in [0.29, 0.717) is 16.1 Å².